The molecule has 23 heavy (non-hydrogen) atoms. The van der Waals surface area contributed by atoms with Crippen molar-refractivity contribution in [2.45, 2.75) is 19.8 Å². The van der Waals surface area contributed by atoms with E-state index in [0.717, 1.165) is 44.7 Å². The highest BCUT2D eigenvalue weighted by Crippen LogP contribution is 2.18. The van der Waals surface area contributed by atoms with Crippen LogP contribution in [0.25, 0.3) is 5.69 Å². The standard InChI is InChI=1S/C17H23N5O/c1-2-18-12-14-8-10-21(11-9-14)17(23)16-13-19-22(20-16)15-6-4-3-5-7-15/h3-7,13-14,18H,2,8-12H2,1H3. The topological polar surface area (TPSA) is 63.1 Å². The van der Waals surface area contributed by atoms with Gasteiger partial charge < -0.3 is 10.2 Å². The molecule has 0 spiro atoms. The van der Waals surface area contributed by atoms with Gasteiger partial charge in [0.15, 0.2) is 5.69 Å². The second-order valence-electron chi connectivity index (χ2n) is 5.90. The van der Waals surface area contributed by atoms with Gasteiger partial charge in [-0.2, -0.15) is 9.90 Å². The van der Waals surface area contributed by atoms with Crippen LogP contribution in [-0.4, -0.2) is 52.0 Å². The molecule has 1 saturated heterocycles. The van der Waals surface area contributed by atoms with Crippen LogP contribution in [0, 0.1) is 5.92 Å². The Hall–Kier alpha value is -2.21. The Morgan fingerprint density at radius 2 is 2.00 bits per heavy atom. The minimum absolute atomic E-state index is 0.0194. The van der Waals surface area contributed by atoms with Crippen molar-refractivity contribution in [3.05, 3.63) is 42.2 Å². The summed E-state index contributed by atoms with van der Waals surface area (Å²) in [4.78, 5) is 16.0. The maximum Gasteiger partial charge on any atom is 0.276 e. The lowest BCUT2D eigenvalue weighted by Gasteiger charge is -2.31. The summed E-state index contributed by atoms with van der Waals surface area (Å²) in [6.07, 6.45) is 3.65. The van der Waals surface area contributed by atoms with E-state index >= 15 is 0 Å². The van der Waals surface area contributed by atoms with Crippen molar-refractivity contribution in [3.63, 3.8) is 0 Å². The van der Waals surface area contributed by atoms with Crippen LogP contribution in [0.1, 0.15) is 30.3 Å². The van der Waals surface area contributed by atoms with Crippen LogP contribution < -0.4 is 5.32 Å². The van der Waals surface area contributed by atoms with Crippen molar-refractivity contribution >= 4 is 5.91 Å². The van der Waals surface area contributed by atoms with Crippen molar-refractivity contribution in [2.75, 3.05) is 26.2 Å². The molecule has 2 aromatic rings. The molecule has 2 heterocycles. The molecule has 1 aromatic carbocycles. The number of likely N-dealkylation sites (tertiary alicyclic amines) is 1. The fourth-order valence-electron chi connectivity index (χ4n) is 2.90. The highest BCUT2D eigenvalue weighted by Gasteiger charge is 2.25. The van der Waals surface area contributed by atoms with Crippen LogP contribution in [-0.2, 0) is 0 Å². The minimum atomic E-state index is -0.0194. The molecule has 1 aliphatic heterocycles. The van der Waals surface area contributed by atoms with Gasteiger partial charge in [-0.05, 0) is 44.0 Å². The molecule has 1 fully saturated rings. The predicted octanol–water partition coefficient (Wildman–Crippen LogP) is 1.73. The van der Waals surface area contributed by atoms with E-state index in [2.05, 4.69) is 22.4 Å². The molecule has 1 N–H and O–H groups in total. The summed E-state index contributed by atoms with van der Waals surface area (Å²) < 4.78 is 0. The Morgan fingerprint density at radius 3 is 2.70 bits per heavy atom. The minimum Gasteiger partial charge on any atom is -0.337 e. The van der Waals surface area contributed by atoms with Crippen molar-refractivity contribution in [2.24, 2.45) is 5.92 Å². The van der Waals surface area contributed by atoms with Gasteiger partial charge >= 0.3 is 0 Å². The summed E-state index contributed by atoms with van der Waals surface area (Å²) in [5.41, 5.74) is 1.27. The number of carbonyl (C=O) groups excluding carboxylic acids is 1. The molecule has 0 saturated carbocycles. The first-order chi connectivity index (χ1) is 11.3. The number of rotatable bonds is 5. The predicted molar refractivity (Wildman–Crippen MR) is 88.5 cm³/mol. The molecule has 3 rings (SSSR count). The Kier molecular flexibility index (Phi) is 5.02. The van der Waals surface area contributed by atoms with Crippen LogP contribution >= 0.6 is 0 Å². The van der Waals surface area contributed by atoms with E-state index < -0.39 is 0 Å². The van der Waals surface area contributed by atoms with E-state index in [-0.39, 0.29) is 5.91 Å². The number of piperidine rings is 1. The number of carbonyl (C=O) groups is 1. The first-order valence-corrected chi connectivity index (χ1v) is 8.25. The largest absolute Gasteiger partial charge is 0.337 e. The summed E-state index contributed by atoms with van der Waals surface area (Å²) in [5.74, 6) is 0.646. The van der Waals surface area contributed by atoms with Crippen LogP contribution in [0.3, 0.4) is 0 Å². The van der Waals surface area contributed by atoms with E-state index in [0.29, 0.717) is 11.6 Å². The number of amides is 1. The zero-order chi connectivity index (χ0) is 16.1. The number of aromatic nitrogens is 3. The summed E-state index contributed by atoms with van der Waals surface area (Å²) in [6, 6.07) is 9.63. The molecule has 1 aliphatic rings. The molecular weight excluding hydrogens is 290 g/mol. The molecule has 0 atom stereocenters. The van der Waals surface area contributed by atoms with Gasteiger partial charge in [-0.25, -0.2) is 0 Å². The van der Waals surface area contributed by atoms with Gasteiger partial charge in [-0.3, -0.25) is 4.79 Å². The zero-order valence-corrected chi connectivity index (χ0v) is 13.5. The Bertz CT molecular complexity index is 631. The molecule has 1 amide bonds. The van der Waals surface area contributed by atoms with Crippen molar-refractivity contribution in [1.82, 2.24) is 25.2 Å². The van der Waals surface area contributed by atoms with Crippen LogP contribution in [0.15, 0.2) is 36.5 Å². The number of benzene rings is 1. The highest BCUT2D eigenvalue weighted by molar-refractivity contribution is 5.92. The van der Waals surface area contributed by atoms with Crippen molar-refractivity contribution < 1.29 is 4.79 Å². The fourth-order valence-corrected chi connectivity index (χ4v) is 2.90. The van der Waals surface area contributed by atoms with Gasteiger partial charge in [-0.15, -0.1) is 5.10 Å². The lowest BCUT2D eigenvalue weighted by Crippen LogP contribution is -2.41. The quantitative estimate of drug-likeness (QED) is 0.913. The Labute approximate surface area is 136 Å². The molecule has 0 unspecified atom stereocenters. The first kappa shape index (κ1) is 15.7. The number of hydrogen-bond acceptors (Lipinski definition) is 4. The van der Waals surface area contributed by atoms with Crippen molar-refractivity contribution in [1.29, 1.82) is 0 Å². The van der Waals surface area contributed by atoms with Crippen molar-refractivity contribution in [3.8, 4) is 5.69 Å². The lowest BCUT2D eigenvalue weighted by molar-refractivity contribution is 0.0684. The lowest BCUT2D eigenvalue weighted by atomic mass is 9.96. The average Bonchev–Trinajstić information content (AvgIpc) is 3.11. The van der Waals surface area contributed by atoms with E-state index in [1.807, 2.05) is 35.2 Å². The van der Waals surface area contributed by atoms with E-state index in [1.165, 1.54) is 4.80 Å². The van der Waals surface area contributed by atoms with E-state index in [4.69, 9.17) is 0 Å². The Balaban J connectivity index is 1.60. The maximum absolute atomic E-state index is 12.6. The number of hydrogen-bond donors (Lipinski definition) is 1. The number of para-hydroxylation sites is 1. The second-order valence-corrected chi connectivity index (χ2v) is 5.90. The molecular formula is C17H23N5O. The van der Waals surface area contributed by atoms with Crippen LogP contribution in [0.5, 0.6) is 0 Å². The maximum atomic E-state index is 12.6. The van der Waals surface area contributed by atoms with Gasteiger partial charge in [0.1, 0.15) is 0 Å². The molecule has 6 nitrogen and oxygen atoms in total. The van der Waals surface area contributed by atoms with Gasteiger partial charge in [-0.1, -0.05) is 25.1 Å². The molecule has 0 aliphatic carbocycles. The van der Waals surface area contributed by atoms with E-state index in [1.54, 1.807) is 6.20 Å². The Morgan fingerprint density at radius 1 is 1.26 bits per heavy atom. The third kappa shape index (κ3) is 3.76. The monoisotopic (exact) mass is 313 g/mol. The SMILES string of the molecule is CCNCC1CCN(C(=O)c2cnn(-c3ccccc3)n2)CC1. The van der Waals surface area contributed by atoms with Gasteiger partial charge in [0, 0.05) is 13.1 Å². The molecule has 0 radical (unpaired) electrons. The zero-order valence-electron chi connectivity index (χ0n) is 13.5. The van der Waals surface area contributed by atoms with Crippen LogP contribution in [0.4, 0.5) is 0 Å². The smallest absolute Gasteiger partial charge is 0.276 e. The van der Waals surface area contributed by atoms with Crippen LogP contribution in [0.2, 0.25) is 0 Å². The number of nitrogens with zero attached hydrogens (tertiary/aromatic N) is 4. The van der Waals surface area contributed by atoms with Gasteiger partial charge in [0.05, 0.1) is 11.9 Å². The van der Waals surface area contributed by atoms with Gasteiger partial charge in [0.2, 0.25) is 0 Å². The molecule has 6 heteroatoms. The van der Waals surface area contributed by atoms with E-state index in [9.17, 15) is 4.79 Å². The first-order valence-electron chi connectivity index (χ1n) is 8.25. The molecule has 0 bridgehead atoms. The summed E-state index contributed by atoms with van der Waals surface area (Å²) >= 11 is 0. The highest BCUT2D eigenvalue weighted by atomic mass is 16.2. The summed E-state index contributed by atoms with van der Waals surface area (Å²) in [5, 5.41) is 11.9. The summed E-state index contributed by atoms with van der Waals surface area (Å²) in [6.45, 7) is 5.76. The third-order valence-corrected chi connectivity index (χ3v) is 4.28. The number of nitrogens with one attached hydrogen (secondary N) is 1. The second kappa shape index (κ2) is 7.37. The average molecular weight is 313 g/mol. The summed E-state index contributed by atoms with van der Waals surface area (Å²) in [7, 11) is 0. The normalized spacial score (nSPS) is 15.8. The van der Waals surface area contributed by atoms with Gasteiger partial charge in [0.25, 0.3) is 5.91 Å². The fraction of sp³-hybridized carbons (Fsp3) is 0.471. The third-order valence-electron chi connectivity index (χ3n) is 4.28. The molecule has 1 aromatic heterocycles. The molecule has 122 valence electrons.